The largest absolute Gasteiger partial charge is 0.492 e. The average molecular weight is 288 g/mol. The van der Waals surface area contributed by atoms with Crippen LogP contribution in [-0.4, -0.2) is 13.2 Å². The molecule has 18 heavy (non-hydrogen) atoms. The van der Waals surface area contributed by atoms with E-state index in [9.17, 15) is 0 Å². The number of hydrogen-bond acceptors (Lipinski definition) is 2. The average Bonchev–Trinajstić information content (AvgIpc) is 3.13. The van der Waals surface area contributed by atoms with Crippen LogP contribution in [0, 0.1) is 5.92 Å². The number of ether oxygens (including phenoxy) is 1. The summed E-state index contributed by atoms with van der Waals surface area (Å²) in [6.07, 6.45) is 3.82. The quantitative estimate of drug-likeness (QED) is 0.808. The van der Waals surface area contributed by atoms with Crippen LogP contribution in [0.25, 0.3) is 0 Å². The smallest absolute Gasteiger partial charge is 0.142 e. The third kappa shape index (κ3) is 4.04. The molecule has 0 spiro atoms. The van der Waals surface area contributed by atoms with Crippen molar-refractivity contribution < 1.29 is 4.74 Å². The Morgan fingerprint density at radius 3 is 2.78 bits per heavy atom. The summed E-state index contributed by atoms with van der Waals surface area (Å²) < 4.78 is 5.84. The van der Waals surface area contributed by atoms with Crippen LogP contribution < -0.4 is 10.1 Å². The lowest BCUT2D eigenvalue weighted by molar-refractivity contribution is 0.299. The zero-order valence-corrected chi connectivity index (χ0v) is 12.2. The highest BCUT2D eigenvalue weighted by Gasteiger charge is 2.21. The van der Waals surface area contributed by atoms with Crippen molar-refractivity contribution in [3.8, 4) is 5.75 Å². The second-order valence-corrected chi connectivity index (χ2v) is 5.58. The van der Waals surface area contributed by atoms with Gasteiger partial charge in [-0.2, -0.15) is 0 Å². The van der Waals surface area contributed by atoms with Gasteiger partial charge in [-0.3, -0.25) is 0 Å². The van der Waals surface area contributed by atoms with Gasteiger partial charge in [0, 0.05) is 17.1 Å². The molecule has 1 aliphatic carbocycles. The van der Waals surface area contributed by atoms with E-state index in [4.69, 9.17) is 27.9 Å². The van der Waals surface area contributed by atoms with Gasteiger partial charge < -0.3 is 10.1 Å². The molecular weight excluding hydrogens is 269 g/mol. The van der Waals surface area contributed by atoms with Gasteiger partial charge in [0.1, 0.15) is 5.75 Å². The molecular formula is C14H19Cl2NO. The van der Waals surface area contributed by atoms with Crippen LogP contribution in [0.4, 0.5) is 0 Å². The highest BCUT2D eigenvalue weighted by atomic mass is 35.5. The van der Waals surface area contributed by atoms with Gasteiger partial charge in [-0.25, -0.2) is 0 Å². The summed E-state index contributed by atoms with van der Waals surface area (Å²) in [4.78, 5) is 0. The molecule has 1 aromatic rings. The van der Waals surface area contributed by atoms with Gasteiger partial charge in [-0.15, -0.1) is 0 Å². The van der Waals surface area contributed by atoms with E-state index in [1.165, 1.54) is 12.8 Å². The molecule has 2 nitrogen and oxygen atoms in total. The summed E-state index contributed by atoms with van der Waals surface area (Å²) in [5.74, 6) is 1.65. The van der Waals surface area contributed by atoms with Gasteiger partial charge in [0.15, 0.2) is 0 Å². The molecule has 1 aliphatic rings. The third-order valence-corrected chi connectivity index (χ3v) is 3.62. The molecule has 0 bridgehead atoms. The maximum absolute atomic E-state index is 6.21. The van der Waals surface area contributed by atoms with Crippen molar-refractivity contribution in [3.63, 3.8) is 0 Å². The van der Waals surface area contributed by atoms with Crippen molar-refractivity contribution in [1.29, 1.82) is 0 Å². The summed E-state index contributed by atoms with van der Waals surface area (Å²) in [5, 5.41) is 4.53. The van der Waals surface area contributed by atoms with Crippen LogP contribution in [0.1, 0.15) is 31.7 Å². The van der Waals surface area contributed by atoms with Gasteiger partial charge in [0.2, 0.25) is 0 Å². The standard InChI is InChI=1S/C14H19Cl2NO/c1-2-17-9-11-7-12(15)8-13(16)14(11)18-6-5-10-3-4-10/h7-8,10,17H,2-6,9H2,1H3. The van der Waals surface area contributed by atoms with Gasteiger partial charge in [-0.1, -0.05) is 43.0 Å². The van der Waals surface area contributed by atoms with Crippen molar-refractivity contribution in [3.05, 3.63) is 27.7 Å². The van der Waals surface area contributed by atoms with E-state index in [-0.39, 0.29) is 0 Å². The monoisotopic (exact) mass is 287 g/mol. The number of rotatable bonds is 7. The molecule has 100 valence electrons. The number of benzene rings is 1. The first-order valence-corrected chi connectivity index (χ1v) is 7.27. The molecule has 0 heterocycles. The minimum absolute atomic E-state index is 0.603. The van der Waals surface area contributed by atoms with E-state index < -0.39 is 0 Å². The molecule has 4 heteroatoms. The fraction of sp³-hybridized carbons (Fsp3) is 0.571. The first kappa shape index (κ1) is 14.0. The molecule has 0 atom stereocenters. The summed E-state index contributed by atoms with van der Waals surface area (Å²) >= 11 is 12.2. The van der Waals surface area contributed by atoms with Gasteiger partial charge in [0.05, 0.1) is 11.6 Å². The minimum Gasteiger partial charge on any atom is -0.492 e. The van der Waals surface area contributed by atoms with Crippen LogP contribution in [0.5, 0.6) is 5.75 Å². The predicted octanol–water partition coefficient (Wildman–Crippen LogP) is 4.28. The first-order valence-electron chi connectivity index (χ1n) is 6.52. The number of hydrogen-bond donors (Lipinski definition) is 1. The van der Waals surface area contributed by atoms with E-state index in [0.717, 1.165) is 43.3 Å². The van der Waals surface area contributed by atoms with Gasteiger partial charge in [-0.05, 0) is 31.0 Å². The summed E-state index contributed by atoms with van der Waals surface area (Å²) in [6, 6.07) is 3.66. The predicted molar refractivity (Wildman–Crippen MR) is 76.7 cm³/mol. The normalized spacial score (nSPS) is 14.8. The molecule has 0 amide bonds. The van der Waals surface area contributed by atoms with E-state index in [1.807, 2.05) is 6.07 Å². The fourth-order valence-electron chi connectivity index (χ4n) is 1.90. The summed E-state index contributed by atoms with van der Waals surface area (Å²) in [5.41, 5.74) is 1.03. The highest BCUT2D eigenvalue weighted by Crippen LogP contribution is 2.35. The van der Waals surface area contributed by atoms with Crippen molar-refractivity contribution >= 4 is 23.2 Å². The van der Waals surface area contributed by atoms with Crippen LogP contribution in [0.15, 0.2) is 12.1 Å². The summed E-state index contributed by atoms with van der Waals surface area (Å²) in [6.45, 7) is 4.45. The highest BCUT2D eigenvalue weighted by molar-refractivity contribution is 6.35. The molecule has 1 saturated carbocycles. The zero-order valence-electron chi connectivity index (χ0n) is 10.6. The van der Waals surface area contributed by atoms with E-state index in [1.54, 1.807) is 6.07 Å². The molecule has 0 unspecified atom stereocenters. The Hall–Kier alpha value is -0.440. The Balaban J connectivity index is 2.03. The lowest BCUT2D eigenvalue weighted by Gasteiger charge is -2.14. The molecule has 0 saturated heterocycles. The minimum atomic E-state index is 0.603. The van der Waals surface area contributed by atoms with Gasteiger partial charge >= 0.3 is 0 Å². The van der Waals surface area contributed by atoms with Crippen molar-refractivity contribution in [2.24, 2.45) is 5.92 Å². The molecule has 2 rings (SSSR count). The molecule has 1 aromatic carbocycles. The molecule has 1 N–H and O–H groups in total. The van der Waals surface area contributed by atoms with E-state index in [2.05, 4.69) is 12.2 Å². The number of nitrogens with one attached hydrogen (secondary N) is 1. The van der Waals surface area contributed by atoms with Crippen molar-refractivity contribution in [2.75, 3.05) is 13.2 Å². The Kier molecular flexibility index (Phi) is 5.16. The maximum Gasteiger partial charge on any atom is 0.142 e. The lowest BCUT2D eigenvalue weighted by Crippen LogP contribution is -2.13. The SMILES string of the molecule is CCNCc1cc(Cl)cc(Cl)c1OCCC1CC1. The number of halogens is 2. The van der Waals surface area contributed by atoms with Crippen LogP contribution in [0.2, 0.25) is 10.0 Å². The Morgan fingerprint density at radius 2 is 2.11 bits per heavy atom. The Morgan fingerprint density at radius 1 is 1.33 bits per heavy atom. The van der Waals surface area contributed by atoms with Crippen molar-refractivity contribution in [1.82, 2.24) is 5.32 Å². The second kappa shape index (κ2) is 6.65. The van der Waals surface area contributed by atoms with Gasteiger partial charge in [0.25, 0.3) is 0 Å². The summed E-state index contributed by atoms with van der Waals surface area (Å²) in [7, 11) is 0. The van der Waals surface area contributed by atoms with Crippen LogP contribution in [0.3, 0.4) is 0 Å². The molecule has 1 fully saturated rings. The maximum atomic E-state index is 6.21. The van der Waals surface area contributed by atoms with E-state index in [0.29, 0.717) is 10.0 Å². The van der Waals surface area contributed by atoms with Crippen LogP contribution in [-0.2, 0) is 6.54 Å². The van der Waals surface area contributed by atoms with Crippen molar-refractivity contribution in [2.45, 2.75) is 32.7 Å². The zero-order chi connectivity index (χ0) is 13.0. The third-order valence-electron chi connectivity index (χ3n) is 3.12. The Bertz CT molecular complexity index is 405. The lowest BCUT2D eigenvalue weighted by atomic mass is 10.2. The Labute approximate surface area is 119 Å². The van der Waals surface area contributed by atoms with E-state index >= 15 is 0 Å². The van der Waals surface area contributed by atoms with Crippen LogP contribution >= 0.6 is 23.2 Å². The first-order chi connectivity index (χ1) is 8.70. The molecule has 0 aromatic heterocycles. The molecule has 0 aliphatic heterocycles. The fourth-order valence-corrected chi connectivity index (χ4v) is 2.49. The molecule has 0 radical (unpaired) electrons. The topological polar surface area (TPSA) is 21.3 Å². The second-order valence-electron chi connectivity index (χ2n) is 4.74.